The van der Waals surface area contributed by atoms with E-state index in [0.29, 0.717) is 11.0 Å². The standard InChI is InChI=1S/C16H14N4OS/c1-11(10-17)22-16-19-18-15(14-8-9-21-12(14)2)20(16)13-6-4-3-5-7-13/h3-9,11H,1-2H3. The molecule has 22 heavy (non-hydrogen) atoms. The lowest BCUT2D eigenvalue weighted by Crippen LogP contribution is -2.01. The van der Waals surface area contributed by atoms with Crippen molar-refractivity contribution in [3.63, 3.8) is 0 Å². The molecule has 2 heterocycles. The molecule has 110 valence electrons. The maximum atomic E-state index is 9.05. The minimum Gasteiger partial charge on any atom is -0.469 e. The summed E-state index contributed by atoms with van der Waals surface area (Å²) in [5.41, 5.74) is 1.85. The first-order valence-corrected chi connectivity index (χ1v) is 7.70. The molecule has 0 saturated heterocycles. The minimum absolute atomic E-state index is 0.204. The molecule has 0 fully saturated rings. The third-order valence-corrected chi connectivity index (χ3v) is 4.15. The van der Waals surface area contributed by atoms with E-state index in [1.807, 2.05) is 54.8 Å². The van der Waals surface area contributed by atoms with E-state index < -0.39 is 0 Å². The second-order valence-corrected chi connectivity index (χ2v) is 6.06. The van der Waals surface area contributed by atoms with E-state index in [1.54, 1.807) is 6.26 Å². The minimum atomic E-state index is -0.204. The van der Waals surface area contributed by atoms with E-state index in [1.165, 1.54) is 11.8 Å². The zero-order valence-electron chi connectivity index (χ0n) is 12.2. The van der Waals surface area contributed by atoms with Gasteiger partial charge in [0.05, 0.1) is 23.1 Å². The van der Waals surface area contributed by atoms with Crippen molar-refractivity contribution in [2.75, 3.05) is 0 Å². The highest BCUT2D eigenvalue weighted by atomic mass is 32.2. The number of nitrogens with zero attached hydrogens (tertiary/aromatic N) is 4. The largest absolute Gasteiger partial charge is 0.469 e. The monoisotopic (exact) mass is 310 g/mol. The highest BCUT2D eigenvalue weighted by Crippen LogP contribution is 2.31. The molecule has 1 aromatic carbocycles. The quantitative estimate of drug-likeness (QED) is 0.685. The first-order valence-electron chi connectivity index (χ1n) is 6.82. The number of hydrogen-bond acceptors (Lipinski definition) is 5. The summed E-state index contributed by atoms with van der Waals surface area (Å²) in [6.45, 7) is 3.74. The predicted molar refractivity (Wildman–Crippen MR) is 84.7 cm³/mol. The van der Waals surface area contributed by atoms with Gasteiger partial charge in [-0.05, 0) is 32.0 Å². The van der Waals surface area contributed by atoms with Crippen molar-refractivity contribution in [1.29, 1.82) is 5.26 Å². The molecule has 0 amide bonds. The molecule has 0 radical (unpaired) electrons. The predicted octanol–water partition coefficient (Wildman–Crippen LogP) is 3.84. The van der Waals surface area contributed by atoms with Crippen molar-refractivity contribution in [3.05, 3.63) is 48.4 Å². The Hall–Kier alpha value is -2.52. The third-order valence-electron chi connectivity index (χ3n) is 3.21. The first-order chi connectivity index (χ1) is 10.7. The van der Waals surface area contributed by atoms with Crippen LogP contribution in [0, 0.1) is 18.3 Å². The maximum absolute atomic E-state index is 9.05. The number of para-hydroxylation sites is 1. The highest BCUT2D eigenvalue weighted by Gasteiger charge is 2.20. The van der Waals surface area contributed by atoms with E-state index in [0.717, 1.165) is 17.0 Å². The van der Waals surface area contributed by atoms with Gasteiger partial charge in [0.2, 0.25) is 0 Å². The Morgan fingerprint density at radius 1 is 1.23 bits per heavy atom. The molecular weight excluding hydrogens is 296 g/mol. The van der Waals surface area contributed by atoms with E-state index in [9.17, 15) is 0 Å². The van der Waals surface area contributed by atoms with Crippen LogP contribution in [0.2, 0.25) is 0 Å². The number of rotatable bonds is 4. The second-order valence-electron chi connectivity index (χ2n) is 4.76. The molecule has 0 aliphatic rings. The van der Waals surface area contributed by atoms with Gasteiger partial charge < -0.3 is 4.42 Å². The topological polar surface area (TPSA) is 67.6 Å². The Bertz CT molecular complexity index is 816. The number of benzene rings is 1. The van der Waals surface area contributed by atoms with Crippen LogP contribution >= 0.6 is 11.8 Å². The van der Waals surface area contributed by atoms with Crippen LogP contribution in [0.4, 0.5) is 0 Å². The molecule has 0 spiro atoms. The van der Waals surface area contributed by atoms with Crippen molar-refractivity contribution in [3.8, 4) is 23.1 Å². The van der Waals surface area contributed by atoms with Gasteiger partial charge in [-0.3, -0.25) is 4.57 Å². The van der Waals surface area contributed by atoms with Crippen molar-refractivity contribution >= 4 is 11.8 Å². The summed E-state index contributed by atoms with van der Waals surface area (Å²) in [7, 11) is 0. The Balaban J connectivity index is 2.16. The summed E-state index contributed by atoms with van der Waals surface area (Å²) in [5.74, 6) is 1.50. The maximum Gasteiger partial charge on any atom is 0.197 e. The van der Waals surface area contributed by atoms with Crippen LogP contribution in [0.5, 0.6) is 0 Å². The molecule has 0 N–H and O–H groups in total. The van der Waals surface area contributed by atoms with E-state index >= 15 is 0 Å². The number of aromatic nitrogens is 3. The number of furan rings is 1. The molecule has 5 nitrogen and oxygen atoms in total. The summed E-state index contributed by atoms with van der Waals surface area (Å²) in [6, 6.07) is 13.9. The lowest BCUT2D eigenvalue weighted by Gasteiger charge is -2.10. The third kappa shape index (κ3) is 2.63. The average Bonchev–Trinajstić information content (AvgIpc) is 3.14. The van der Waals surface area contributed by atoms with E-state index in [4.69, 9.17) is 9.68 Å². The summed E-state index contributed by atoms with van der Waals surface area (Å²) in [6.07, 6.45) is 1.64. The molecule has 0 aliphatic carbocycles. The van der Waals surface area contributed by atoms with Crippen molar-refractivity contribution in [1.82, 2.24) is 14.8 Å². The van der Waals surface area contributed by atoms with Crippen LogP contribution in [0.25, 0.3) is 17.1 Å². The molecule has 1 unspecified atom stereocenters. The van der Waals surface area contributed by atoms with Crippen LogP contribution in [0.3, 0.4) is 0 Å². The number of thioether (sulfide) groups is 1. The smallest absolute Gasteiger partial charge is 0.197 e. The van der Waals surface area contributed by atoms with Gasteiger partial charge in [0, 0.05) is 5.69 Å². The molecule has 0 bridgehead atoms. The summed E-state index contributed by atoms with van der Waals surface area (Å²) < 4.78 is 7.34. The van der Waals surface area contributed by atoms with Gasteiger partial charge in [0.1, 0.15) is 5.76 Å². The molecule has 3 rings (SSSR count). The number of hydrogen-bond donors (Lipinski definition) is 0. The van der Waals surface area contributed by atoms with Gasteiger partial charge in [0.15, 0.2) is 11.0 Å². The van der Waals surface area contributed by atoms with Crippen LogP contribution < -0.4 is 0 Å². The zero-order chi connectivity index (χ0) is 15.5. The average molecular weight is 310 g/mol. The van der Waals surface area contributed by atoms with Crippen molar-refractivity contribution < 1.29 is 4.42 Å². The number of nitriles is 1. The highest BCUT2D eigenvalue weighted by molar-refractivity contribution is 8.00. The molecule has 0 aliphatic heterocycles. The SMILES string of the molecule is Cc1occc1-c1nnc(SC(C)C#N)n1-c1ccccc1. The van der Waals surface area contributed by atoms with E-state index in [2.05, 4.69) is 16.3 Å². The van der Waals surface area contributed by atoms with Crippen LogP contribution in [-0.4, -0.2) is 20.0 Å². The van der Waals surface area contributed by atoms with Gasteiger partial charge in [-0.25, -0.2) is 0 Å². The fourth-order valence-corrected chi connectivity index (χ4v) is 2.89. The normalized spacial score (nSPS) is 12.0. The molecule has 6 heteroatoms. The Labute approximate surface area is 132 Å². The summed E-state index contributed by atoms with van der Waals surface area (Å²) >= 11 is 1.39. The number of aryl methyl sites for hydroxylation is 1. The second kappa shape index (κ2) is 6.08. The Morgan fingerprint density at radius 2 is 2.00 bits per heavy atom. The molecule has 2 aromatic heterocycles. The van der Waals surface area contributed by atoms with Gasteiger partial charge in [-0.2, -0.15) is 5.26 Å². The lowest BCUT2D eigenvalue weighted by atomic mass is 10.2. The van der Waals surface area contributed by atoms with Gasteiger partial charge in [-0.1, -0.05) is 30.0 Å². The van der Waals surface area contributed by atoms with Gasteiger partial charge >= 0.3 is 0 Å². The first kappa shape index (κ1) is 14.4. The van der Waals surface area contributed by atoms with Crippen LogP contribution in [-0.2, 0) is 0 Å². The lowest BCUT2D eigenvalue weighted by molar-refractivity contribution is 0.535. The molecule has 1 atom stereocenters. The van der Waals surface area contributed by atoms with E-state index in [-0.39, 0.29) is 5.25 Å². The summed E-state index contributed by atoms with van der Waals surface area (Å²) in [5, 5.41) is 18.1. The molecule has 0 saturated carbocycles. The van der Waals surface area contributed by atoms with Crippen LogP contribution in [0.15, 0.2) is 52.2 Å². The van der Waals surface area contributed by atoms with Crippen molar-refractivity contribution in [2.45, 2.75) is 24.3 Å². The van der Waals surface area contributed by atoms with Crippen molar-refractivity contribution in [2.24, 2.45) is 0 Å². The molecular formula is C16H14N4OS. The Kier molecular flexibility index (Phi) is 3.98. The Morgan fingerprint density at radius 3 is 2.64 bits per heavy atom. The fraction of sp³-hybridized carbons (Fsp3) is 0.188. The van der Waals surface area contributed by atoms with Gasteiger partial charge in [-0.15, -0.1) is 10.2 Å². The van der Waals surface area contributed by atoms with Gasteiger partial charge in [0.25, 0.3) is 0 Å². The van der Waals surface area contributed by atoms with Crippen LogP contribution in [0.1, 0.15) is 12.7 Å². The zero-order valence-corrected chi connectivity index (χ0v) is 13.0. The molecule has 3 aromatic rings. The fourth-order valence-electron chi connectivity index (χ4n) is 2.13. The summed E-state index contributed by atoms with van der Waals surface area (Å²) in [4.78, 5) is 0.